The van der Waals surface area contributed by atoms with Crippen molar-refractivity contribution < 1.29 is 0 Å². The molecule has 0 bridgehead atoms. The van der Waals surface area contributed by atoms with Gasteiger partial charge in [0.15, 0.2) is 0 Å². The summed E-state index contributed by atoms with van der Waals surface area (Å²) < 4.78 is 5.27. The van der Waals surface area contributed by atoms with E-state index in [9.17, 15) is 0 Å². The molecular formula is C58H37NS2. The molecule has 2 heterocycles. The van der Waals surface area contributed by atoms with Crippen molar-refractivity contribution in [2.24, 2.45) is 0 Å². The van der Waals surface area contributed by atoms with Crippen LogP contribution in [0.25, 0.3) is 95.6 Å². The molecule has 3 heteroatoms. The number of thiophene rings is 2. The zero-order valence-electron chi connectivity index (χ0n) is 33.1. The summed E-state index contributed by atoms with van der Waals surface area (Å²) in [6, 6.07) is 82.5. The Labute approximate surface area is 362 Å². The van der Waals surface area contributed by atoms with Gasteiger partial charge in [0, 0.05) is 57.3 Å². The lowest BCUT2D eigenvalue weighted by atomic mass is 9.95. The summed E-state index contributed by atoms with van der Waals surface area (Å²) in [7, 11) is 0. The van der Waals surface area contributed by atoms with E-state index < -0.39 is 0 Å². The van der Waals surface area contributed by atoms with Gasteiger partial charge in [-0.05, 0) is 104 Å². The van der Waals surface area contributed by atoms with Gasteiger partial charge in [-0.3, -0.25) is 0 Å². The van der Waals surface area contributed by atoms with Crippen molar-refractivity contribution in [1.29, 1.82) is 0 Å². The Hall–Kier alpha value is -7.30. The van der Waals surface area contributed by atoms with Crippen molar-refractivity contribution in [2.45, 2.75) is 0 Å². The normalized spacial score (nSPS) is 11.6. The number of rotatable bonds is 7. The van der Waals surface area contributed by atoms with Gasteiger partial charge in [-0.15, -0.1) is 22.7 Å². The van der Waals surface area contributed by atoms with E-state index in [1.165, 1.54) is 95.6 Å². The van der Waals surface area contributed by atoms with E-state index in [-0.39, 0.29) is 0 Å². The van der Waals surface area contributed by atoms with Crippen molar-refractivity contribution in [3.8, 4) is 44.5 Å². The maximum absolute atomic E-state index is 2.46. The van der Waals surface area contributed by atoms with Crippen LogP contribution in [0.3, 0.4) is 0 Å². The second-order valence-electron chi connectivity index (χ2n) is 15.6. The third-order valence-corrected chi connectivity index (χ3v) is 14.4. The van der Waals surface area contributed by atoms with Crippen LogP contribution in [0.15, 0.2) is 224 Å². The molecule has 0 fully saturated rings. The first-order valence-corrected chi connectivity index (χ1v) is 22.4. The first-order chi connectivity index (χ1) is 30.2. The fourth-order valence-corrected chi connectivity index (χ4v) is 11.6. The lowest BCUT2D eigenvalue weighted by molar-refractivity contribution is 1.28. The van der Waals surface area contributed by atoms with Crippen LogP contribution < -0.4 is 4.90 Å². The lowest BCUT2D eigenvalue weighted by Gasteiger charge is -2.29. The Morgan fingerprint density at radius 3 is 1.66 bits per heavy atom. The van der Waals surface area contributed by atoms with Crippen LogP contribution >= 0.6 is 22.7 Å². The van der Waals surface area contributed by atoms with Gasteiger partial charge < -0.3 is 4.90 Å². The van der Waals surface area contributed by atoms with Gasteiger partial charge in [0.2, 0.25) is 0 Å². The summed E-state index contributed by atoms with van der Waals surface area (Å²) >= 11 is 3.75. The predicted octanol–water partition coefficient (Wildman–Crippen LogP) is 17.7. The molecular weight excluding hydrogens is 775 g/mol. The van der Waals surface area contributed by atoms with E-state index in [1.807, 2.05) is 22.7 Å². The average Bonchev–Trinajstić information content (AvgIpc) is 3.91. The fourth-order valence-electron chi connectivity index (χ4n) is 9.28. The molecule has 0 radical (unpaired) electrons. The molecule has 286 valence electrons. The second-order valence-corrected chi connectivity index (χ2v) is 17.8. The molecule has 0 spiro atoms. The molecule has 0 saturated heterocycles. The van der Waals surface area contributed by atoms with Crippen LogP contribution in [0, 0.1) is 0 Å². The first-order valence-electron chi connectivity index (χ1n) is 20.7. The number of para-hydroxylation sites is 1. The van der Waals surface area contributed by atoms with Crippen LogP contribution in [-0.2, 0) is 0 Å². The zero-order valence-corrected chi connectivity index (χ0v) is 34.8. The molecule has 0 unspecified atom stereocenters. The van der Waals surface area contributed by atoms with Crippen LogP contribution in [-0.4, -0.2) is 0 Å². The number of nitrogens with zero attached hydrogens (tertiary/aromatic N) is 1. The van der Waals surface area contributed by atoms with Gasteiger partial charge in [0.25, 0.3) is 0 Å². The molecule has 12 aromatic rings. The first kappa shape index (κ1) is 35.6. The van der Waals surface area contributed by atoms with E-state index in [4.69, 9.17) is 0 Å². The van der Waals surface area contributed by atoms with Gasteiger partial charge in [0.05, 0.1) is 5.69 Å². The Kier molecular flexibility index (Phi) is 8.62. The summed E-state index contributed by atoms with van der Waals surface area (Å²) in [6.45, 7) is 0. The molecule has 2 aromatic heterocycles. The van der Waals surface area contributed by atoms with Crippen LogP contribution in [0.1, 0.15) is 0 Å². The predicted molar refractivity (Wildman–Crippen MR) is 266 cm³/mol. The van der Waals surface area contributed by atoms with E-state index in [1.54, 1.807) is 0 Å². The summed E-state index contributed by atoms with van der Waals surface area (Å²) in [4.78, 5) is 2.46. The van der Waals surface area contributed by atoms with E-state index in [2.05, 4.69) is 229 Å². The number of anilines is 3. The van der Waals surface area contributed by atoms with Crippen LogP contribution in [0.2, 0.25) is 0 Å². The highest BCUT2D eigenvalue weighted by Crippen LogP contribution is 2.46. The highest BCUT2D eigenvalue weighted by Gasteiger charge is 2.21. The Balaban J connectivity index is 1.04. The topological polar surface area (TPSA) is 3.24 Å². The molecule has 0 saturated carbocycles. The van der Waals surface area contributed by atoms with Gasteiger partial charge in [0.1, 0.15) is 0 Å². The van der Waals surface area contributed by atoms with Crippen molar-refractivity contribution in [2.75, 3.05) is 4.90 Å². The minimum absolute atomic E-state index is 1.10. The standard InChI is InChI=1S/C58H37NS2/c1-2-23-45-38(15-1)16-12-29-48(45)49-24-3-6-31-53(49)59(44-22-11-20-42(37-44)46-27-14-34-56-57(46)52-26-5-8-33-55(52)60-56)43-21-10-18-40(36-43)39-17-9-19-41(35-39)47-28-13-30-51-50-25-4-7-32-54(50)61-58(47)51/h1-37H. The third kappa shape index (κ3) is 6.13. The summed E-state index contributed by atoms with van der Waals surface area (Å²) in [6.07, 6.45) is 0. The van der Waals surface area contributed by atoms with Gasteiger partial charge in [-0.2, -0.15) is 0 Å². The summed E-state index contributed by atoms with van der Waals surface area (Å²) in [5.41, 5.74) is 13.0. The highest BCUT2D eigenvalue weighted by molar-refractivity contribution is 7.26. The lowest BCUT2D eigenvalue weighted by Crippen LogP contribution is -2.11. The van der Waals surface area contributed by atoms with E-state index >= 15 is 0 Å². The highest BCUT2D eigenvalue weighted by atomic mass is 32.1. The molecule has 0 aliphatic rings. The van der Waals surface area contributed by atoms with E-state index in [0.29, 0.717) is 0 Å². The largest absolute Gasteiger partial charge is 0.310 e. The van der Waals surface area contributed by atoms with Gasteiger partial charge in [-0.1, -0.05) is 170 Å². The second kappa shape index (κ2) is 14.8. The Morgan fingerprint density at radius 2 is 0.803 bits per heavy atom. The molecule has 0 aliphatic carbocycles. The quantitative estimate of drug-likeness (QED) is 0.155. The Morgan fingerprint density at radius 1 is 0.295 bits per heavy atom. The number of hydrogen-bond acceptors (Lipinski definition) is 3. The van der Waals surface area contributed by atoms with Crippen molar-refractivity contribution in [3.63, 3.8) is 0 Å². The maximum Gasteiger partial charge on any atom is 0.0540 e. The molecule has 12 rings (SSSR count). The molecule has 61 heavy (non-hydrogen) atoms. The van der Waals surface area contributed by atoms with Crippen LogP contribution in [0.5, 0.6) is 0 Å². The monoisotopic (exact) mass is 811 g/mol. The summed E-state index contributed by atoms with van der Waals surface area (Å²) in [5.74, 6) is 0. The minimum atomic E-state index is 1.10. The van der Waals surface area contributed by atoms with Crippen molar-refractivity contribution in [1.82, 2.24) is 0 Å². The third-order valence-electron chi connectivity index (χ3n) is 12.1. The number of fused-ring (bicyclic) bond motifs is 7. The maximum atomic E-state index is 2.46. The Bertz CT molecular complexity index is 3620. The van der Waals surface area contributed by atoms with Gasteiger partial charge >= 0.3 is 0 Å². The molecule has 0 amide bonds. The van der Waals surface area contributed by atoms with E-state index in [0.717, 1.165) is 17.1 Å². The number of benzene rings is 10. The molecule has 0 N–H and O–H groups in total. The fraction of sp³-hybridized carbons (Fsp3) is 0. The van der Waals surface area contributed by atoms with Gasteiger partial charge in [-0.25, -0.2) is 0 Å². The smallest absolute Gasteiger partial charge is 0.0540 e. The minimum Gasteiger partial charge on any atom is -0.310 e. The molecule has 1 nitrogen and oxygen atoms in total. The molecule has 10 aromatic carbocycles. The molecule has 0 aliphatic heterocycles. The van der Waals surface area contributed by atoms with Crippen LogP contribution in [0.4, 0.5) is 17.1 Å². The average molecular weight is 812 g/mol. The number of hydrogen-bond donors (Lipinski definition) is 0. The summed E-state index contributed by atoms with van der Waals surface area (Å²) in [5, 5.41) is 7.73. The zero-order chi connectivity index (χ0) is 40.3. The molecule has 0 atom stereocenters. The van der Waals surface area contributed by atoms with Crippen molar-refractivity contribution in [3.05, 3.63) is 224 Å². The SMILES string of the molecule is c1cc(-c2cccc(N(c3cccc(-c4cccc5sc6ccccc6c45)c3)c3ccccc3-c3cccc4ccccc34)c2)cc(-c2cccc3c2sc2ccccc23)c1. The van der Waals surface area contributed by atoms with Crippen molar-refractivity contribution >= 4 is 90.9 Å².